The number of likely N-dealkylation sites (tertiary alicyclic amines) is 1. The molecule has 184 valence electrons. The second-order valence-corrected chi connectivity index (χ2v) is 10.8. The van der Waals surface area contributed by atoms with Gasteiger partial charge in [0.1, 0.15) is 5.69 Å². The maximum absolute atomic E-state index is 11.4. The fourth-order valence-electron chi connectivity index (χ4n) is 6.31. The van der Waals surface area contributed by atoms with Crippen molar-refractivity contribution < 1.29 is 4.79 Å². The van der Waals surface area contributed by atoms with Crippen LogP contribution in [0, 0.1) is 0 Å². The number of carbonyl (C=O) groups is 1. The molecule has 1 amide bonds. The number of pyridine rings is 1. The molecule has 2 aromatic carbocycles. The van der Waals surface area contributed by atoms with Crippen LogP contribution in [0.5, 0.6) is 0 Å². The molecule has 6 rings (SSSR count). The Balaban J connectivity index is 1.30. The Morgan fingerprint density at radius 2 is 1.78 bits per heavy atom. The van der Waals surface area contributed by atoms with Crippen molar-refractivity contribution >= 4 is 16.9 Å². The van der Waals surface area contributed by atoms with E-state index in [1.165, 1.54) is 48.9 Å². The van der Waals surface area contributed by atoms with Crippen LogP contribution in [-0.4, -0.2) is 44.1 Å². The first-order valence-corrected chi connectivity index (χ1v) is 13.0. The summed E-state index contributed by atoms with van der Waals surface area (Å²) in [7, 11) is 0. The third-order valence-corrected chi connectivity index (χ3v) is 8.51. The van der Waals surface area contributed by atoms with Crippen molar-refractivity contribution in [1.29, 1.82) is 0 Å². The van der Waals surface area contributed by atoms with Crippen LogP contribution in [0.1, 0.15) is 61.0 Å². The van der Waals surface area contributed by atoms with E-state index in [9.17, 15) is 4.79 Å². The number of nitrogens with one attached hydrogen (secondary N) is 1. The molecule has 6 heteroatoms. The maximum Gasteiger partial charge on any atom is 0.248 e. The average Bonchev–Trinajstić information content (AvgIpc) is 3.48. The van der Waals surface area contributed by atoms with Crippen molar-refractivity contribution in [3.8, 4) is 22.4 Å². The predicted octanol–water partition coefficient (Wildman–Crippen LogP) is 5.51. The maximum atomic E-state index is 11.4. The van der Waals surface area contributed by atoms with Crippen LogP contribution in [0.2, 0.25) is 0 Å². The molecule has 0 saturated carbocycles. The summed E-state index contributed by atoms with van der Waals surface area (Å²) in [6, 6.07) is 17.0. The standard InChI is InChI=1S/C30H33N5O/c1-19-4-3-15-35(19)30(2)13-11-20-5-10-23(16-24(20)12-14-30)25-17-26-27(33-34-29(26)32-18-25)21-6-8-22(9-7-21)28(31)36/h5-10,16-19H,3-4,11-15H2,1-2H3,(H2,31,36)(H,32,33,34)/t19-,30?/m1/s1. The summed E-state index contributed by atoms with van der Waals surface area (Å²) in [6.45, 7) is 6.12. The van der Waals surface area contributed by atoms with Crippen molar-refractivity contribution in [2.75, 3.05) is 6.54 Å². The summed E-state index contributed by atoms with van der Waals surface area (Å²) >= 11 is 0. The lowest BCUT2D eigenvalue weighted by Gasteiger charge is -2.41. The van der Waals surface area contributed by atoms with Gasteiger partial charge in [-0.1, -0.05) is 30.3 Å². The molecule has 4 aromatic rings. The summed E-state index contributed by atoms with van der Waals surface area (Å²) in [5, 5.41) is 8.51. The molecule has 1 unspecified atom stereocenters. The number of aromatic nitrogens is 3. The summed E-state index contributed by atoms with van der Waals surface area (Å²) in [4.78, 5) is 18.9. The monoisotopic (exact) mass is 479 g/mol. The summed E-state index contributed by atoms with van der Waals surface area (Å²) in [5.74, 6) is -0.434. The number of benzene rings is 2. The zero-order valence-electron chi connectivity index (χ0n) is 21.1. The molecule has 6 nitrogen and oxygen atoms in total. The molecule has 2 atom stereocenters. The molecule has 2 aromatic heterocycles. The van der Waals surface area contributed by atoms with E-state index in [1.807, 2.05) is 18.3 Å². The Bertz CT molecular complexity index is 1440. The van der Waals surface area contributed by atoms with Crippen molar-refractivity contribution in [3.63, 3.8) is 0 Å². The van der Waals surface area contributed by atoms with E-state index < -0.39 is 5.91 Å². The van der Waals surface area contributed by atoms with E-state index in [0.29, 0.717) is 11.6 Å². The van der Waals surface area contributed by atoms with Crippen molar-refractivity contribution in [1.82, 2.24) is 20.1 Å². The molecule has 0 bridgehead atoms. The molecular formula is C30H33N5O. The van der Waals surface area contributed by atoms with Gasteiger partial charge in [-0.2, -0.15) is 5.10 Å². The fraction of sp³-hybridized carbons (Fsp3) is 0.367. The van der Waals surface area contributed by atoms with Crippen LogP contribution in [-0.2, 0) is 12.8 Å². The van der Waals surface area contributed by atoms with E-state index in [1.54, 1.807) is 12.1 Å². The molecule has 1 fully saturated rings. The third kappa shape index (κ3) is 3.99. The summed E-state index contributed by atoms with van der Waals surface area (Å²) in [6.07, 6.45) is 9.26. The zero-order valence-corrected chi connectivity index (χ0v) is 21.1. The molecule has 0 radical (unpaired) electrons. The van der Waals surface area contributed by atoms with Gasteiger partial charge >= 0.3 is 0 Å². The first-order chi connectivity index (χ1) is 17.4. The number of hydrogen-bond acceptors (Lipinski definition) is 4. The van der Waals surface area contributed by atoms with Gasteiger partial charge in [0.15, 0.2) is 5.65 Å². The van der Waals surface area contributed by atoms with Gasteiger partial charge in [-0.25, -0.2) is 4.98 Å². The van der Waals surface area contributed by atoms with E-state index in [2.05, 4.69) is 58.2 Å². The number of nitrogens with zero attached hydrogens (tertiary/aromatic N) is 3. The lowest BCUT2D eigenvalue weighted by atomic mass is 9.89. The van der Waals surface area contributed by atoms with Crippen LogP contribution >= 0.6 is 0 Å². The Kier molecular flexibility index (Phi) is 5.64. The molecule has 3 N–H and O–H groups in total. The summed E-state index contributed by atoms with van der Waals surface area (Å²) in [5.41, 5.74) is 13.9. The van der Waals surface area contributed by atoms with Gasteiger partial charge in [-0.15, -0.1) is 0 Å². The predicted molar refractivity (Wildman–Crippen MR) is 144 cm³/mol. The highest BCUT2D eigenvalue weighted by atomic mass is 16.1. The lowest BCUT2D eigenvalue weighted by molar-refractivity contribution is 0.0821. The smallest absolute Gasteiger partial charge is 0.248 e. The number of nitrogens with two attached hydrogens (primary N) is 1. The normalized spacial score (nSPS) is 22.4. The van der Waals surface area contributed by atoms with Crippen LogP contribution in [0.3, 0.4) is 0 Å². The number of fused-ring (bicyclic) bond motifs is 2. The van der Waals surface area contributed by atoms with Gasteiger partial charge in [0.25, 0.3) is 0 Å². The van der Waals surface area contributed by atoms with Gasteiger partial charge < -0.3 is 5.73 Å². The zero-order chi connectivity index (χ0) is 24.9. The number of carbonyl (C=O) groups excluding carboxylic acids is 1. The number of hydrogen-bond donors (Lipinski definition) is 2. The molecule has 1 saturated heterocycles. The molecule has 3 heterocycles. The average molecular weight is 480 g/mol. The highest BCUT2D eigenvalue weighted by molar-refractivity contribution is 5.96. The molecule has 1 aliphatic carbocycles. The first kappa shape index (κ1) is 22.9. The van der Waals surface area contributed by atoms with Crippen LogP contribution in [0.15, 0.2) is 54.7 Å². The van der Waals surface area contributed by atoms with Gasteiger partial charge in [0.05, 0.1) is 0 Å². The van der Waals surface area contributed by atoms with Crippen molar-refractivity contribution in [3.05, 3.63) is 71.4 Å². The number of H-pyrrole nitrogens is 1. The number of aryl methyl sites for hydroxylation is 2. The topological polar surface area (TPSA) is 87.9 Å². The molecule has 2 aliphatic rings. The van der Waals surface area contributed by atoms with Gasteiger partial charge in [-0.05, 0) is 93.8 Å². The molecule has 36 heavy (non-hydrogen) atoms. The Labute approximate surface area is 211 Å². The highest BCUT2D eigenvalue weighted by Gasteiger charge is 2.38. The Hall–Kier alpha value is -3.51. The third-order valence-electron chi connectivity index (χ3n) is 8.51. The second kappa shape index (κ2) is 8.86. The van der Waals surface area contributed by atoms with E-state index in [0.717, 1.165) is 40.7 Å². The van der Waals surface area contributed by atoms with Crippen LogP contribution in [0.25, 0.3) is 33.4 Å². The lowest BCUT2D eigenvalue weighted by Crippen LogP contribution is -2.48. The number of primary amides is 1. The molecule has 1 aliphatic heterocycles. The van der Waals surface area contributed by atoms with Crippen LogP contribution < -0.4 is 5.73 Å². The molecular weight excluding hydrogens is 446 g/mol. The number of rotatable bonds is 4. The van der Waals surface area contributed by atoms with Crippen molar-refractivity contribution in [2.24, 2.45) is 5.73 Å². The van der Waals surface area contributed by atoms with E-state index in [4.69, 9.17) is 5.73 Å². The van der Waals surface area contributed by atoms with Gasteiger partial charge in [-0.3, -0.25) is 14.8 Å². The van der Waals surface area contributed by atoms with Crippen molar-refractivity contribution in [2.45, 2.75) is 64.0 Å². The minimum absolute atomic E-state index is 0.283. The summed E-state index contributed by atoms with van der Waals surface area (Å²) < 4.78 is 0. The largest absolute Gasteiger partial charge is 0.366 e. The van der Waals surface area contributed by atoms with Gasteiger partial charge in [0.2, 0.25) is 5.91 Å². The Morgan fingerprint density at radius 3 is 2.50 bits per heavy atom. The fourth-order valence-corrected chi connectivity index (χ4v) is 6.31. The minimum atomic E-state index is -0.434. The quantitative estimate of drug-likeness (QED) is 0.378. The first-order valence-electron chi connectivity index (χ1n) is 13.0. The Morgan fingerprint density at radius 1 is 1.03 bits per heavy atom. The SMILES string of the molecule is C[C@@H]1CCCN1C1(C)CCc2ccc(-c3cnc4[nH]nc(-c5ccc(C(N)=O)cc5)c4c3)cc2CC1. The second-order valence-electron chi connectivity index (χ2n) is 10.8. The van der Waals surface area contributed by atoms with Gasteiger partial charge in [0, 0.05) is 39.9 Å². The van der Waals surface area contributed by atoms with E-state index >= 15 is 0 Å². The van der Waals surface area contributed by atoms with E-state index in [-0.39, 0.29) is 5.54 Å². The minimum Gasteiger partial charge on any atom is -0.366 e. The molecule has 0 spiro atoms. The highest BCUT2D eigenvalue weighted by Crippen LogP contribution is 2.38. The number of amides is 1. The van der Waals surface area contributed by atoms with Crippen LogP contribution in [0.4, 0.5) is 0 Å². The number of aromatic amines is 1.